The topological polar surface area (TPSA) is 114 Å². The maximum Gasteiger partial charge on any atom is 0.248 e. The van der Waals surface area contributed by atoms with Crippen molar-refractivity contribution in [3.63, 3.8) is 0 Å². The number of pyridine rings is 1. The third-order valence-corrected chi connectivity index (χ3v) is 8.16. The molecule has 4 heterocycles. The molecular weight excluding hydrogens is 488 g/mol. The van der Waals surface area contributed by atoms with Crippen molar-refractivity contribution in [1.29, 1.82) is 0 Å². The van der Waals surface area contributed by atoms with E-state index in [1.807, 2.05) is 18.3 Å². The molecule has 4 aromatic rings. The van der Waals surface area contributed by atoms with E-state index in [1.165, 1.54) is 29.6 Å². The van der Waals surface area contributed by atoms with Crippen molar-refractivity contribution in [2.75, 3.05) is 42.1 Å². The molecule has 0 bridgehead atoms. The van der Waals surface area contributed by atoms with Gasteiger partial charge >= 0.3 is 0 Å². The van der Waals surface area contributed by atoms with Crippen LogP contribution in [-0.2, 0) is 12.8 Å². The van der Waals surface area contributed by atoms with Gasteiger partial charge in [-0.1, -0.05) is 24.3 Å². The molecule has 1 saturated carbocycles. The van der Waals surface area contributed by atoms with Crippen molar-refractivity contribution in [2.24, 2.45) is 5.92 Å². The third kappa shape index (κ3) is 4.92. The second kappa shape index (κ2) is 9.92. The molecule has 0 spiro atoms. The van der Waals surface area contributed by atoms with Gasteiger partial charge in [-0.3, -0.25) is 4.90 Å². The molecule has 2 fully saturated rings. The van der Waals surface area contributed by atoms with E-state index in [1.54, 1.807) is 0 Å². The normalized spacial score (nSPS) is 19.3. The van der Waals surface area contributed by atoms with Gasteiger partial charge in [0.2, 0.25) is 11.9 Å². The molecule has 0 amide bonds. The van der Waals surface area contributed by atoms with Crippen LogP contribution in [0.5, 0.6) is 0 Å². The van der Waals surface area contributed by atoms with Crippen LogP contribution >= 0.6 is 0 Å². The summed E-state index contributed by atoms with van der Waals surface area (Å²) in [5, 5.41) is 16.8. The summed E-state index contributed by atoms with van der Waals surface area (Å²) in [6.45, 7) is 6.68. The van der Waals surface area contributed by atoms with Crippen molar-refractivity contribution in [3.05, 3.63) is 59.8 Å². The lowest BCUT2D eigenvalue weighted by atomic mass is 10.0. The smallest absolute Gasteiger partial charge is 0.248 e. The highest BCUT2D eigenvalue weighted by Crippen LogP contribution is 2.32. The number of piperazine rings is 1. The monoisotopic (exact) mass is 522 g/mol. The first-order valence-electron chi connectivity index (χ1n) is 14.0. The molecule has 1 atom stereocenters. The molecule has 10 nitrogen and oxygen atoms in total. The summed E-state index contributed by atoms with van der Waals surface area (Å²) in [5.41, 5.74) is 11.6. The minimum atomic E-state index is 0.253. The van der Waals surface area contributed by atoms with Gasteiger partial charge in [-0.05, 0) is 74.3 Å². The Morgan fingerprint density at radius 3 is 2.69 bits per heavy atom. The number of nitrogens with one attached hydrogen (secondary N) is 1. The maximum absolute atomic E-state index is 6.25. The fourth-order valence-electron chi connectivity index (χ4n) is 5.81. The van der Waals surface area contributed by atoms with Gasteiger partial charge in [0.25, 0.3) is 0 Å². The first-order valence-corrected chi connectivity index (χ1v) is 14.0. The van der Waals surface area contributed by atoms with Crippen molar-refractivity contribution >= 4 is 23.4 Å². The summed E-state index contributed by atoms with van der Waals surface area (Å²) in [6, 6.07) is 15.1. The Kier molecular flexibility index (Phi) is 6.11. The standard InChI is InChI=1S/C29H34N10/c1-19-17-38(14-13-37(19)18-20-9-10-20)25-12-11-23(16-31-25)32-29-33-28(30)39(36-29)26-15-22-7-4-6-21-5-2-3-8-24(21)27(22)35-34-26/h2-3,5,8,11-12,15-16,19-20H,4,6-7,9-10,13-14,17-18H2,1H3,(H3,30,32,33,36)/t19-/m0/s1. The number of rotatable bonds is 6. The summed E-state index contributed by atoms with van der Waals surface area (Å²) in [6.07, 6.45) is 7.65. The fourth-order valence-corrected chi connectivity index (χ4v) is 5.81. The molecule has 7 rings (SSSR count). The van der Waals surface area contributed by atoms with Gasteiger partial charge in [0.1, 0.15) is 5.82 Å². The predicted octanol–water partition coefficient (Wildman–Crippen LogP) is 3.85. The summed E-state index contributed by atoms with van der Waals surface area (Å²) >= 11 is 0. The number of hydrogen-bond acceptors (Lipinski definition) is 9. The molecular formula is C29H34N10. The van der Waals surface area contributed by atoms with E-state index in [-0.39, 0.29) is 5.95 Å². The quantitative estimate of drug-likeness (QED) is 0.390. The van der Waals surface area contributed by atoms with Gasteiger partial charge in [0.15, 0.2) is 5.82 Å². The number of aromatic nitrogens is 6. The molecule has 3 aromatic heterocycles. The Morgan fingerprint density at radius 1 is 1.00 bits per heavy atom. The number of aryl methyl sites for hydroxylation is 2. The van der Waals surface area contributed by atoms with E-state index in [0.717, 1.165) is 73.1 Å². The average Bonchev–Trinajstić information content (AvgIpc) is 3.73. The fraction of sp³-hybridized carbons (Fsp3) is 0.414. The number of benzene rings is 1. The summed E-state index contributed by atoms with van der Waals surface area (Å²) < 4.78 is 1.54. The van der Waals surface area contributed by atoms with Gasteiger partial charge in [-0.15, -0.1) is 15.3 Å². The van der Waals surface area contributed by atoms with Crippen molar-refractivity contribution in [3.8, 4) is 17.1 Å². The molecule has 1 saturated heterocycles. The highest BCUT2D eigenvalue weighted by atomic mass is 15.4. The van der Waals surface area contributed by atoms with Gasteiger partial charge < -0.3 is 16.0 Å². The number of anilines is 4. The van der Waals surface area contributed by atoms with E-state index in [2.05, 4.69) is 72.7 Å². The van der Waals surface area contributed by atoms with E-state index >= 15 is 0 Å². The van der Waals surface area contributed by atoms with Crippen LogP contribution in [0, 0.1) is 5.92 Å². The number of fused-ring (bicyclic) bond motifs is 3. The minimum Gasteiger partial charge on any atom is -0.368 e. The van der Waals surface area contributed by atoms with Gasteiger partial charge in [-0.25, -0.2) is 4.98 Å². The van der Waals surface area contributed by atoms with Crippen LogP contribution in [-0.4, -0.2) is 67.1 Å². The average molecular weight is 523 g/mol. The molecule has 200 valence electrons. The Balaban J connectivity index is 1.05. The Bertz CT molecular complexity index is 1480. The number of hydrogen-bond donors (Lipinski definition) is 2. The maximum atomic E-state index is 6.25. The molecule has 3 N–H and O–H groups in total. The molecule has 2 aliphatic carbocycles. The van der Waals surface area contributed by atoms with Crippen LogP contribution in [0.15, 0.2) is 48.7 Å². The van der Waals surface area contributed by atoms with Gasteiger partial charge in [0, 0.05) is 37.8 Å². The van der Waals surface area contributed by atoms with Crippen LogP contribution in [0.1, 0.15) is 37.3 Å². The lowest BCUT2D eigenvalue weighted by Crippen LogP contribution is -2.52. The molecule has 0 unspecified atom stereocenters. The Morgan fingerprint density at radius 2 is 1.87 bits per heavy atom. The SMILES string of the molecule is C[C@H]1CN(c2ccc(Nc3nc(N)n(-c4cc5c(nn4)-c4ccccc4CCC5)n3)cn2)CCN1CC1CC1. The second-order valence-electron chi connectivity index (χ2n) is 11.1. The van der Waals surface area contributed by atoms with Crippen LogP contribution in [0.2, 0.25) is 0 Å². The minimum absolute atomic E-state index is 0.253. The molecule has 3 aliphatic rings. The van der Waals surface area contributed by atoms with Crippen molar-refractivity contribution in [2.45, 2.75) is 45.1 Å². The second-order valence-corrected chi connectivity index (χ2v) is 11.1. The lowest BCUT2D eigenvalue weighted by molar-refractivity contribution is 0.181. The molecule has 1 aliphatic heterocycles. The zero-order valence-electron chi connectivity index (χ0n) is 22.3. The van der Waals surface area contributed by atoms with Crippen LogP contribution < -0.4 is 16.0 Å². The molecule has 39 heavy (non-hydrogen) atoms. The molecule has 10 heteroatoms. The van der Waals surface area contributed by atoms with Gasteiger partial charge in [0.05, 0.1) is 17.6 Å². The largest absolute Gasteiger partial charge is 0.368 e. The Hall–Kier alpha value is -4.05. The van der Waals surface area contributed by atoms with Gasteiger partial charge in [-0.2, -0.15) is 9.67 Å². The van der Waals surface area contributed by atoms with E-state index in [4.69, 9.17) is 10.7 Å². The summed E-state index contributed by atoms with van der Waals surface area (Å²) in [7, 11) is 0. The van der Waals surface area contributed by atoms with Crippen LogP contribution in [0.25, 0.3) is 17.1 Å². The zero-order chi connectivity index (χ0) is 26.3. The summed E-state index contributed by atoms with van der Waals surface area (Å²) in [4.78, 5) is 14.1. The number of nitrogen functional groups attached to an aromatic ring is 1. The molecule has 0 radical (unpaired) electrons. The summed E-state index contributed by atoms with van der Waals surface area (Å²) in [5.74, 6) is 3.14. The highest BCUT2D eigenvalue weighted by Gasteiger charge is 2.30. The molecule has 1 aromatic carbocycles. The van der Waals surface area contributed by atoms with E-state index in [9.17, 15) is 0 Å². The predicted molar refractivity (Wildman–Crippen MR) is 152 cm³/mol. The number of nitrogens with two attached hydrogens (primary N) is 1. The van der Waals surface area contributed by atoms with Crippen LogP contribution in [0.3, 0.4) is 0 Å². The first kappa shape index (κ1) is 24.0. The van der Waals surface area contributed by atoms with E-state index < -0.39 is 0 Å². The van der Waals surface area contributed by atoms with Crippen molar-refractivity contribution in [1.82, 2.24) is 34.8 Å². The van der Waals surface area contributed by atoms with Crippen LogP contribution in [0.4, 0.5) is 23.4 Å². The lowest BCUT2D eigenvalue weighted by Gasteiger charge is -2.40. The number of nitrogens with zero attached hydrogens (tertiary/aromatic N) is 8. The van der Waals surface area contributed by atoms with E-state index in [0.29, 0.717) is 17.8 Å². The first-order chi connectivity index (χ1) is 19.1. The zero-order valence-corrected chi connectivity index (χ0v) is 22.3. The third-order valence-electron chi connectivity index (χ3n) is 8.16. The van der Waals surface area contributed by atoms with Crippen molar-refractivity contribution < 1.29 is 0 Å². The Labute approximate surface area is 228 Å². The highest BCUT2D eigenvalue weighted by molar-refractivity contribution is 5.68.